The first-order chi connectivity index (χ1) is 15.0. The number of hydrogen-bond acceptors (Lipinski definition) is 8. The van der Waals surface area contributed by atoms with E-state index in [9.17, 15) is 14.7 Å². The van der Waals surface area contributed by atoms with Gasteiger partial charge in [-0.2, -0.15) is 5.21 Å². The van der Waals surface area contributed by atoms with Gasteiger partial charge in [-0.05, 0) is 42.5 Å². The predicted molar refractivity (Wildman–Crippen MR) is 110 cm³/mol. The van der Waals surface area contributed by atoms with Crippen LogP contribution < -0.4 is 15.4 Å². The van der Waals surface area contributed by atoms with Gasteiger partial charge in [0.05, 0.1) is 6.54 Å². The van der Waals surface area contributed by atoms with Crippen LogP contribution in [-0.4, -0.2) is 49.1 Å². The minimum absolute atomic E-state index is 0.0182. The van der Waals surface area contributed by atoms with Gasteiger partial charge in [0.1, 0.15) is 11.5 Å². The zero-order valence-electron chi connectivity index (χ0n) is 16.3. The number of hydrogen-bond donors (Lipinski definition) is 4. The summed E-state index contributed by atoms with van der Waals surface area (Å²) in [6.07, 6.45) is 0. The SMILES string of the molecule is Cc1nc(C(=O)NCC(=O)Nc2nn[nH]n2)c(O)c2ccc(Oc3ccccc3)cc12. The number of aromatic nitrogens is 5. The Balaban J connectivity index is 1.51. The highest BCUT2D eigenvalue weighted by Crippen LogP contribution is 2.33. The van der Waals surface area contributed by atoms with Crippen molar-refractivity contribution in [3.8, 4) is 17.2 Å². The number of amides is 2. The molecule has 0 spiro atoms. The van der Waals surface area contributed by atoms with Crippen LogP contribution >= 0.6 is 0 Å². The first-order valence-corrected chi connectivity index (χ1v) is 9.19. The zero-order valence-corrected chi connectivity index (χ0v) is 16.3. The van der Waals surface area contributed by atoms with Crippen molar-refractivity contribution in [3.05, 3.63) is 59.9 Å². The molecule has 4 rings (SSSR count). The second-order valence-corrected chi connectivity index (χ2v) is 6.48. The van der Waals surface area contributed by atoms with E-state index in [2.05, 4.69) is 36.2 Å². The van der Waals surface area contributed by atoms with Gasteiger partial charge in [0.25, 0.3) is 11.9 Å². The lowest BCUT2D eigenvalue weighted by Gasteiger charge is -2.12. The fraction of sp³-hybridized carbons (Fsp3) is 0.100. The lowest BCUT2D eigenvalue weighted by Crippen LogP contribution is -2.33. The number of pyridine rings is 1. The first-order valence-electron chi connectivity index (χ1n) is 9.19. The highest BCUT2D eigenvalue weighted by atomic mass is 16.5. The molecule has 31 heavy (non-hydrogen) atoms. The minimum Gasteiger partial charge on any atom is -0.505 e. The van der Waals surface area contributed by atoms with Crippen LogP contribution in [0, 0.1) is 6.92 Å². The number of nitrogens with zero attached hydrogens (tertiary/aromatic N) is 4. The molecule has 11 heteroatoms. The quantitative estimate of drug-likeness (QED) is 0.369. The standard InChI is InChI=1S/C20H17N7O4/c1-11-15-9-13(31-12-5-3-2-4-6-12)7-8-14(15)18(29)17(22-11)19(30)21-10-16(28)23-20-24-26-27-25-20/h2-9,29H,10H2,1H3,(H,21,30)(H2,23,24,25,26,27,28). The third-order valence-corrected chi connectivity index (χ3v) is 4.34. The Morgan fingerprint density at radius 2 is 1.90 bits per heavy atom. The van der Waals surface area contributed by atoms with Crippen molar-refractivity contribution >= 4 is 28.5 Å². The number of fused-ring (bicyclic) bond motifs is 1. The Kier molecular flexibility index (Phi) is 5.39. The molecular weight excluding hydrogens is 402 g/mol. The summed E-state index contributed by atoms with van der Waals surface area (Å²) in [6, 6.07) is 14.4. The van der Waals surface area contributed by atoms with Crippen LogP contribution in [0.1, 0.15) is 16.2 Å². The molecule has 0 unspecified atom stereocenters. The van der Waals surface area contributed by atoms with E-state index >= 15 is 0 Å². The van der Waals surface area contributed by atoms with Gasteiger partial charge in [0, 0.05) is 16.5 Å². The summed E-state index contributed by atoms with van der Waals surface area (Å²) in [5.41, 5.74) is 0.335. The molecule has 2 heterocycles. The third kappa shape index (κ3) is 4.40. The van der Waals surface area contributed by atoms with Gasteiger partial charge in [0.15, 0.2) is 11.4 Å². The van der Waals surface area contributed by atoms with Crippen molar-refractivity contribution in [2.75, 3.05) is 11.9 Å². The second kappa shape index (κ2) is 8.45. The normalized spacial score (nSPS) is 10.6. The molecule has 0 aliphatic heterocycles. The number of carbonyl (C=O) groups is 2. The van der Waals surface area contributed by atoms with Gasteiger partial charge in [0.2, 0.25) is 5.91 Å². The Bertz CT molecular complexity index is 1240. The van der Waals surface area contributed by atoms with Crippen molar-refractivity contribution in [1.82, 2.24) is 30.9 Å². The van der Waals surface area contributed by atoms with E-state index < -0.39 is 11.8 Å². The Morgan fingerprint density at radius 1 is 1.10 bits per heavy atom. The molecule has 11 nitrogen and oxygen atoms in total. The number of carbonyl (C=O) groups excluding carboxylic acids is 2. The Hall–Kier alpha value is -4.54. The highest BCUT2D eigenvalue weighted by Gasteiger charge is 2.19. The summed E-state index contributed by atoms with van der Waals surface area (Å²) in [7, 11) is 0. The van der Waals surface area contributed by atoms with E-state index in [4.69, 9.17) is 4.74 Å². The molecule has 2 aromatic carbocycles. The molecule has 0 saturated heterocycles. The molecule has 0 saturated carbocycles. The number of anilines is 1. The molecule has 4 N–H and O–H groups in total. The summed E-state index contributed by atoms with van der Waals surface area (Å²) in [4.78, 5) is 28.6. The second-order valence-electron chi connectivity index (χ2n) is 6.48. The lowest BCUT2D eigenvalue weighted by atomic mass is 10.1. The monoisotopic (exact) mass is 419 g/mol. The minimum atomic E-state index is -0.699. The van der Waals surface area contributed by atoms with Crippen LogP contribution in [0.5, 0.6) is 17.2 Å². The van der Waals surface area contributed by atoms with E-state index in [1.807, 2.05) is 30.3 Å². The highest BCUT2D eigenvalue weighted by molar-refractivity contribution is 6.04. The van der Waals surface area contributed by atoms with Crippen LogP contribution in [0.15, 0.2) is 48.5 Å². The largest absolute Gasteiger partial charge is 0.505 e. The van der Waals surface area contributed by atoms with Crippen molar-refractivity contribution in [3.63, 3.8) is 0 Å². The molecule has 0 radical (unpaired) electrons. The number of aromatic hydroxyl groups is 1. The average molecular weight is 419 g/mol. The zero-order chi connectivity index (χ0) is 21.8. The fourth-order valence-electron chi connectivity index (χ4n) is 2.91. The van der Waals surface area contributed by atoms with Gasteiger partial charge in [-0.3, -0.25) is 14.9 Å². The molecule has 0 fully saturated rings. The maximum atomic E-state index is 12.5. The molecule has 0 bridgehead atoms. The summed E-state index contributed by atoms with van der Waals surface area (Å²) in [5.74, 6) is -0.326. The van der Waals surface area contributed by atoms with Crippen molar-refractivity contribution in [1.29, 1.82) is 0 Å². The van der Waals surface area contributed by atoms with Crippen LogP contribution in [0.3, 0.4) is 0 Å². The van der Waals surface area contributed by atoms with Gasteiger partial charge < -0.3 is 15.2 Å². The maximum Gasteiger partial charge on any atom is 0.274 e. The molecule has 0 aliphatic rings. The van der Waals surface area contributed by atoms with Crippen molar-refractivity contribution in [2.45, 2.75) is 6.92 Å². The number of rotatable bonds is 6. The first kappa shape index (κ1) is 19.8. The van der Waals surface area contributed by atoms with Gasteiger partial charge in [-0.15, -0.1) is 5.10 Å². The molecule has 2 aromatic heterocycles. The number of aromatic amines is 1. The maximum absolute atomic E-state index is 12.5. The molecule has 2 amide bonds. The average Bonchev–Trinajstić information content (AvgIpc) is 3.28. The summed E-state index contributed by atoms with van der Waals surface area (Å²) >= 11 is 0. The summed E-state index contributed by atoms with van der Waals surface area (Å²) in [5, 5.41) is 29.1. The van der Waals surface area contributed by atoms with Crippen molar-refractivity contribution < 1.29 is 19.4 Å². The number of benzene rings is 2. The Labute approximate surface area is 175 Å². The van der Waals surface area contributed by atoms with Crippen LogP contribution in [-0.2, 0) is 4.79 Å². The topological polar surface area (TPSA) is 155 Å². The molecule has 0 atom stereocenters. The Morgan fingerprint density at radius 3 is 2.65 bits per heavy atom. The number of ether oxygens (including phenoxy) is 1. The van der Waals surface area contributed by atoms with Gasteiger partial charge in [-0.25, -0.2) is 4.98 Å². The number of tetrazole rings is 1. The lowest BCUT2D eigenvalue weighted by molar-refractivity contribution is -0.115. The molecule has 156 valence electrons. The van der Waals surface area contributed by atoms with Gasteiger partial charge >= 0.3 is 0 Å². The van der Waals surface area contributed by atoms with E-state index in [-0.39, 0.29) is 23.9 Å². The number of H-pyrrole nitrogens is 1. The van der Waals surface area contributed by atoms with Crippen LogP contribution in [0.2, 0.25) is 0 Å². The van der Waals surface area contributed by atoms with E-state index in [0.717, 1.165) is 0 Å². The van der Waals surface area contributed by atoms with Gasteiger partial charge in [-0.1, -0.05) is 23.3 Å². The molecule has 4 aromatic rings. The molecular formula is C20H17N7O4. The summed E-state index contributed by atoms with van der Waals surface area (Å²) < 4.78 is 5.82. The third-order valence-electron chi connectivity index (χ3n) is 4.34. The number of nitrogens with one attached hydrogen (secondary N) is 3. The smallest absolute Gasteiger partial charge is 0.274 e. The summed E-state index contributed by atoms with van der Waals surface area (Å²) in [6.45, 7) is 1.35. The molecule has 0 aliphatic carbocycles. The van der Waals surface area contributed by atoms with E-state index in [1.54, 1.807) is 25.1 Å². The predicted octanol–water partition coefficient (Wildman–Crippen LogP) is 1.92. The number of para-hydroxylation sites is 1. The number of aryl methyl sites for hydroxylation is 1. The van der Waals surface area contributed by atoms with E-state index in [1.165, 1.54) is 0 Å². The fourth-order valence-corrected chi connectivity index (χ4v) is 2.91. The van der Waals surface area contributed by atoms with E-state index in [0.29, 0.717) is 28.0 Å². The van der Waals surface area contributed by atoms with Crippen LogP contribution in [0.4, 0.5) is 5.95 Å². The van der Waals surface area contributed by atoms with Crippen molar-refractivity contribution in [2.24, 2.45) is 0 Å². The van der Waals surface area contributed by atoms with Crippen LogP contribution in [0.25, 0.3) is 10.8 Å².